The summed E-state index contributed by atoms with van der Waals surface area (Å²) in [7, 11) is 0. The second-order valence-electron chi connectivity index (χ2n) is 8.28. The third kappa shape index (κ3) is 8.06. The fourth-order valence-corrected chi connectivity index (χ4v) is 4.95. The summed E-state index contributed by atoms with van der Waals surface area (Å²) < 4.78 is 62.9. The van der Waals surface area contributed by atoms with Crippen LogP contribution in [0, 0.1) is 0 Å². The highest BCUT2D eigenvalue weighted by atomic mass is 32.2. The van der Waals surface area contributed by atoms with Crippen molar-refractivity contribution in [1.29, 1.82) is 0 Å². The quantitative estimate of drug-likeness (QED) is 0.269. The summed E-state index contributed by atoms with van der Waals surface area (Å²) in [4.78, 5) is 40.6. The van der Waals surface area contributed by atoms with Gasteiger partial charge in [0, 0.05) is 37.4 Å². The summed E-state index contributed by atoms with van der Waals surface area (Å²) in [5, 5.41) is 0. The third-order valence-corrected chi connectivity index (χ3v) is 6.48. The molecule has 1 saturated heterocycles. The standard InChI is InChI=1S/C26H26F3NO7S/c1-15(31)34-14-21-23(35-16(2)32)24(36-17(3)33)22(25(37-21)38-19-10-5-4-6-11-19)30-13-18-9-7-8-12-20(18)26(27,28)29/h4-13,21-25H,14H2,1-3H3/t21-,22-,23+,24-,25-/m1/s1. The predicted octanol–water partition coefficient (Wildman–Crippen LogP) is 4.44. The minimum absolute atomic E-state index is 0.212. The molecule has 1 heterocycles. The van der Waals surface area contributed by atoms with E-state index >= 15 is 0 Å². The molecule has 1 aliphatic rings. The first-order valence-electron chi connectivity index (χ1n) is 11.5. The summed E-state index contributed by atoms with van der Waals surface area (Å²) in [6.45, 7) is 3.13. The lowest BCUT2D eigenvalue weighted by Crippen LogP contribution is -2.60. The summed E-state index contributed by atoms with van der Waals surface area (Å²) in [5.41, 5.74) is -2.04. The molecule has 0 radical (unpaired) electrons. The van der Waals surface area contributed by atoms with Gasteiger partial charge in [-0.05, 0) is 18.2 Å². The summed E-state index contributed by atoms with van der Waals surface area (Å²) in [6, 6.07) is 12.7. The van der Waals surface area contributed by atoms with Gasteiger partial charge in [0.2, 0.25) is 0 Å². The lowest BCUT2D eigenvalue weighted by atomic mass is 9.97. The molecule has 0 unspecified atom stereocenters. The van der Waals surface area contributed by atoms with E-state index in [1.165, 1.54) is 36.9 Å². The van der Waals surface area contributed by atoms with E-state index in [0.717, 1.165) is 31.0 Å². The van der Waals surface area contributed by atoms with Crippen molar-refractivity contribution in [2.75, 3.05) is 6.61 Å². The number of carbonyl (C=O) groups excluding carboxylic acids is 3. The van der Waals surface area contributed by atoms with Gasteiger partial charge in [0.05, 0.1) is 5.56 Å². The first kappa shape index (κ1) is 29.2. The van der Waals surface area contributed by atoms with E-state index in [1.54, 1.807) is 30.3 Å². The number of nitrogens with zero attached hydrogens (tertiary/aromatic N) is 1. The molecule has 5 atom stereocenters. The molecule has 1 aliphatic heterocycles. The minimum atomic E-state index is -4.63. The number of alkyl halides is 3. The van der Waals surface area contributed by atoms with E-state index in [9.17, 15) is 27.6 Å². The molecule has 12 heteroatoms. The van der Waals surface area contributed by atoms with Crippen molar-refractivity contribution in [3.05, 3.63) is 65.7 Å². The van der Waals surface area contributed by atoms with Crippen LogP contribution in [0.3, 0.4) is 0 Å². The molecule has 0 bridgehead atoms. The van der Waals surface area contributed by atoms with Crippen molar-refractivity contribution in [2.24, 2.45) is 4.99 Å². The molecule has 3 rings (SSSR count). The Balaban J connectivity index is 2.08. The van der Waals surface area contributed by atoms with Gasteiger partial charge < -0.3 is 18.9 Å². The van der Waals surface area contributed by atoms with E-state index in [1.807, 2.05) is 0 Å². The molecule has 2 aromatic carbocycles. The minimum Gasteiger partial charge on any atom is -0.463 e. The van der Waals surface area contributed by atoms with Crippen molar-refractivity contribution in [2.45, 2.75) is 61.6 Å². The Hall–Kier alpha value is -3.38. The van der Waals surface area contributed by atoms with E-state index in [0.29, 0.717) is 0 Å². The Bertz CT molecular complexity index is 1160. The number of halogens is 3. The first-order valence-corrected chi connectivity index (χ1v) is 12.4. The fraction of sp³-hybridized carbons (Fsp3) is 0.385. The number of benzene rings is 2. The van der Waals surface area contributed by atoms with Crippen LogP contribution in [0.4, 0.5) is 13.2 Å². The summed E-state index contributed by atoms with van der Waals surface area (Å²) in [5.74, 6) is -2.09. The topological polar surface area (TPSA) is 100 Å². The van der Waals surface area contributed by atoms with Crippen molar-refractivity contribution in [1.82, 2.24) is 0 Å². The van der Waals surface area contributed by atoms with Gasteiger partial charge in [-0.25, -0.2) is 0 Å². The molecular formula is C26H26F3NO7S. The molecule has 0 aliphatic carbocycles. The monoisotopic (exact) mass is 553 g/mol. The van der Waals surface area contributed by atoms with E-state index in [-0.39, 0.29) is 12.2 Å². The van der Waals surface area contributed by atoms with Gasteiger partial charge in [0.15, 0.2) is 12.2 Å². The van der Waals surface area contributed by atoms with Crippen molar-refractivity contribution >= 4 is 35.9 Å². The normalized spacial score (nSPS) is 23.6. The average Bonchev–Trinajstić information content (AvgIpc) is 2.83. The third-order valence-electron chi connectivity index (χ3n) is 5.32. The Kier molecular flexibility index (Phi) is 9.92. The van der Waals surface area contributed by atoms with E-state index in [4.69, 9.17) is 18.9 Å². The van der Waals surface area contributed by atoms with Gasteiger partial charge >= 0.3 is 24.1 Å². The van der Waals surface area contributed by atoms with Crippen LogP contribution >= 0.6 is 11.8 Å². The molecule has 0 N–H and O–H groups in total. The van der Waals surface area contributed by atoms with Gasteiger partial charge in [-0.15, -0.1) is 0 Å². The van der Waals surface area contributed by atoms with E-state index in [2.05, 4.69) is 4.99 Å². The highest BCUT2D eigenvalue weighted by molar-refractivity contribution is 7.99. The van der Waals surface area contributed by atoms with Gasteiger partial charge in [0.25, 0.3) is 0 Å². The number of esters is 3. The van der Waals surface area contributed by atoms with Crippen LogP contribution in [0.25, 0.3) is 0 Å². The number of hydrogen-bond donors (Lipinski definition) is 0. The highest BCUT2D eigenvalue weighted by Crippen LogP contribution is 2.38. The Labute approximate surface area is 221 Å². The molecular weight excluding hydrogens is 527 g/mol. The highest BCUT2D eigenvalue weighted by Gasteiger charge is 2.50. The second kappa shape index (κ2) is 12.9. The van der Waals surface area contributed by atoms with Crippen LogP contribution in [0.1, 0.15) is 31.9 Å². The van der Waals surface area contributed by atoms with Crippen molar-refractivity contribution < 1.29 is 46.5 Å². The zero-order valence-corrected chi connectivity index (χ0v) is 21.5. The van der Waals surface area contributed by atoms with Crippen LogP contribution in [0.2, 0.25) is 0 Å². The maximum atomic E-state index is 13.6. The Morgan fingerprint density at radius 2 is 1.53 bits per heavy atom. The fourth-order valence-electron chi connectivity index (χ4n) is 3.81. The number of carbonyl (C=O) groups is 3. The van der Waals surface area contributed by atoms with Crippen LogP contribution in [-0.4, -0.2) is 60.5 Å². The molecule has 0 amide bonds. The lowest BCUT2D eigenvalue weighted by Gasteiger charge is -2.43. The SMILES string of the molecule is CC(=O)OC[C@H]1O[C@H](Sc2ccccc2)[C@H](N=Cc2ccccc2C(F)(F)F)[C@@H](OC(C)=O)[C@H]1OC(C)=O. The molecule has 2 aromatic rings. The largest absolute Gasteiger partial charge is 0.463 e. The molecule has 8 nitrogen and oxygen atoms in total. The summed E-state index contributed by atoms with van der Waals surface area (Å²) >= 11 is 1.18. The smallest absolute Gasteiger partial charge is 0.417 e. The van der Waals surface area contributed by atoms with Gasteiger partial charge in [-0.2, -0.15) is 13.2 Å². The lowest BCUT2D eigenvalue weighted by molar-refractivity contribution is -0.208. The van der Waals surface area contributed by atoms with Crippen LogP contribution in [0.5, 0.6) is 0 Å². The molecule has 0 aromatic heterocycles. The Morgan fingerprint density at radius 1 is 0.921 bits per heavy atom. The predicted molar refractivity (Wildman–Crippen MR) is 132 cm³/mol. The number of rotatable bonds is 8. The van der Waals surface area contributed by atoms with Crippen molar-refractivity contribution in [3.63, 3.8) is 0 Å². The first-order chi connectivity index (χ1) is 18.0. The van der Waals surface area contributed by atoms with Crippen LogP contribution in [-0.2, 0) is 39.5 Å². The van der Waals surface area contributed by atoms with Gasteiger partial charge in [-0.3, -0.25) is 19.4 Å². The summed E-state index contributed by atoms with van der Waals surface area (Å²) in [6.07, 6.45) is -7.18. The maximum Gasteiger partial charge on any atom is 0.417 e. The zero-order valence-electron chi connectivity index (χ0n) is 20.7. The van der Waals surface area contributed by atoms with Gasteiger partial charge in [-0.1, -0.05) is 48.2 Å². The molecule has 1 fully saturated rings. The second-order valence-corrected chi connectivity index (χ2v) is 9.45. The molecule has 38 heavy (non-hydrogen) atoms. The average molecular weight is 554 g/mol. The van der Waals surface area contributed by atoms with Gasteiger partial charge in [0.1, 0.15) is 24.2 Å². The van der Waals surface area contributed by atoms with Crippen molar-refractivity contribution in [3.8, 4) is 0 Å². The Morgan fingerprint density at radius 3 is 2.13 bits per heavy atom. The number of thioether (sulfide) groups is 1. The number of aliphatic imine (C=N–C) groups is 1. The molecule has 204 valence electrons. The molecule has 0 spiro atoms. The zero-order chi connectivity index (χ0) is 27.9. The maximum absolute atomic E-state index is 13.6. The number of hydrogen-bond acceptors (Lipinski definition) is 9. The van der Waals surface area contributed by atoms with Crippen LogP contribution < -0.4 is 0 Å². The molecule has 0 saturated carbocycles. The number of ether oxygens (including phenoxy) is 4. The van der Waals surface area contributed by atoms with E-state index < -0.39 is 59.4 Å². The van der Waals surface area contributed by atoms with Crippen LogP contribution in [0.15, 0.2) is 64.5 Å².